The molecule has 82 valence electrons. The summed E-state index contributed by atoms with van der Waals surface area (Å²) in [6.07, 6.45) is 0. The van der Waals surface area contributed by atoms with Crippen molar-refractivity contribution in [2.45, 2.75) is 10.9 Å². The number of phenols is 2. The molecular weight excluding hydrogens is 218 g/mol. The Labute approximate surface area is 90.5 Å². The summed E-state index contributed by atoms with van der Waals surface area (Å²) in [5.74, 6) is -0.955. The van der Waals surface area contributed by atoms with Crippen molar-refractivity contribution < 1.29 is 20.1 Å². The number of hydrogen-bond acceptors (Lipinski definition) is 5. The quantitative estimate of drug-likeness (QED) is 0.445. The molecule has 5 N–H and O–H groups in total. The highest BCUT2D eigenvalue weighted by Crippen LogP contribution is 2.31. The lowest BCUT2D eigenvalue weighted by atomic mass is 10.3. The summed E-state index contributed by atoms with van der Waals surface area (Å²) >= 11 is 1.08. The Morgan fingerprint density at radius 3 is 2.73 bits per heavy atom. The van der Waals surface area contributed by atoms with Gasteiger partial charge < -0.3 is 21.1 Å². The van der Waals surface area contributed by atoms with Gasteiger partial charge in [-0.25, -0.2) is 0 Å². The molecule has 0 saturated carbocycles. The largest absolute Gasteiger partial charge is 0.508 e. The van der Waals surface area contributed by atoms with Gasteiger partial charge in [-0.1, -0.05) is 0 Å². The molecule has 0 spiro atoms. The van der Waals surface area contributed by atoms with Crippen LogP contribution in [0.2, 0.25) is 0 Å². The molecule has 0 aliphatic rings. The second-order valence-electron chi connectivity index (χ2n) is 2.91. The number of nitrogens with two attached hydrogens (primary N) is 1. The van der Waals surface area contributed by atoms with E-state index in [0.717, 1.165) is 11.8 Å². The average Bonchev–Trinajstić information content (AvgIpc) is 2.18. The molecule has 6 heteroatoms. The molecule has 0 fully saturated rings. The second kappa shape index (κ2) is 4.90. The van der Waals surface area contributed by atoms with Crippen LogP contribution >= 0.6 is 11.8 Å². The lowest BCUT2D eigenvalue weighted by Crippen LogP contribution is -2.32. The normalized spacial score (nSPS) is 12.3. The first kappa shape index (κ1) is 11.7. The van der Waals surface area contributed by atoms with Crippen molar-refractivity contribution in [3.63, 3.8) is 0 Å². The molecular formula is C9H11NO4S. The van der Waals surface area contributed by atoms with E-state index in [1.54, 1.807) is 0 Å². The van der Waals surface area contributed by atoms with E-state index in [0.29, 0.717) is 4.90 Å². The maximum atomic E-state index is 10.4. The minimum absolute atomic E-state index is 0.00427. The standard InChI is InChI=1S/C9H11NO4S/c10-6(9(13)14)4-15-8-3-5(11)1-2-7(8)12/h1-3,6,11-12H,4,10H2,(H,13,14)/t6-/m1/s1. The molecule has 0 heterocycles. The van der Waals surface area contributed by atoms with Crippen molar-refractivity contribution >= 4 is 17.7 Å². The van der Waals surface area contributed by atoms with Gasteiger partial charge in [0.05, 0.1) is 4.90 Å². The Hall–Kier alpha value is -1.40. The third kappa shape index (κ3) is 3.34. The van der Waals surface area contributed by atoms with Crippen molar-refractivity contribution in [1.29, 1.82) is 0 Å². The van der Waals surface area contributed by atoms with Gasteiger partial charge >= 0.3 is 5.97 Å². The molecule has 0 amide bonds. The molecule has 0 aliphatic heterocycles. The lowest BCUT2D eigenvalue weighted by molar-refractivity contribution is -0.137. The number of phenolic OH excluding ortho intramolecular Hbond substituents is 2. The number of rotatable bonds is 4. The minimum atomic E-state index is -1.10. The predicted octanol–water partition coefficient (Wildman–Crippen LogP) is 0.602. The van der Waals surface area contributed by atoms with Crippen molar-refractivity contribution in [3.8, 4) is 11.5 Å². The topological polar surface area (TPSA) is 104 Å². The van der Waals surface area contributed by atoms with Crippen molar-refractivity contribution in [1.82, 2.24) is 0 Å². The van der Waals surface area contributed by atoms with Crippen LogP contribution in [0.1, 0.15) is 0 Å². The first-order valence-corrected chi connectivity index (χ1v) is 5.12. The molecule has 0 unspecified atom stereocenters. The summed E-state index contributed by atoms with van der Waals surface area (Å²) in [7, 11) is 0. The van der Waals surface area contributed by atoms with Crippen molar-refractivity contribution in [2.24, 2.45) is 5.73 Å². The monoisotopic (exact) mass is 229 g/mol. The Kier molecular flexibility index (Phi) is 3.81. The van der Waals surface area contributed by atoms with Crippen LogP contribution in [0.25, 0.3) is 0 Å². The molecule has 15 heavy (non-hydrogen) atoms. The van der Waals surface area contributed by atoms with Crippen molar-refractivity contribution in [2.75, 3.05) is 5.75 Å². The first-order chi connectivity index (χ1) is 7.00. The number of carboxylic acids is 1. The fourth-order valence-electron chi connectivity index (χ4n) is 0.869. The van der Waals surface area contributed by atoms with Gasteiger partial charge in [0.15, 0.2) is 0 Å². The van der Waals surface area contributed by atoms with Crippen LogP contribution in [-0.2, 0) is 4.79 Å². The molecule has 0 aliphatic carbocycles. The van der Waals surface area contributed by atoms with Gasteiger partial charge in [-0.2, -0.15) is 0 Å². The van der Waals surface area contributed by atoms with Gasteiger partial charge in [0.2, 0.25) is 0 Å². The predicted molar refractivity (Wildman–Crippen MR) is 56.1 cm³/mol. The van der Waals surface area contributed by atoms with Crippen LogP contribution in [0, 0.1) is 0 Å². The summed E-state index contributed by atoms with van der Waals surface area (Å²) < 4.78 is 0. The first-order valence-electron chi connectivity index (χ1n) is 4.14. The van der Waals surface area contributed by atoms with Crippen molar-refractivity contribution in [3.05, 3.63) is 18.2 Å². The zero-order valence-corrected chi connectivity index (χ0v) is 8.57. The Balaban J connectivity index is 2.65. The van der Waals surface area contributed by atoms with E-state index >= 15 is 0 Å². The molecule has 5 nitrogen and oxygen atoms in total. The summed E-state index contributed by atoms with van der Waals surface area (Å²) in [5, 5.41) is 27.0. The Morgan fingerprint density at radius 2 is 2.13 bits per heavy atom. The number of hydrogen-bond donors (Lipinski definition) is 4. The van der Waals surface area contributed by atoms with E-state index in [2.05, 4.69) is 0 Å². The molecule has 1 rings (SSSR count). The van der Waals surface area contributed by atoms with Gasteiger partial charge in [-0.15, -0.1) is 11.8 Å². The molecule has 1 aromatic carbocycles. The second-order valence-corrected chi connectivity index (χ2v) is 3.97. The number of aromatic hydroxyl groups is 2. The maximum absolute atomic E-state index is 10.4. The van der Waals surface area contributed by atoms with E-state index in [4.69, 9.17) is 15.9 Å². The molecule has 1 atom stereocenters. The Bertz CT molecular complexity index is 369. The van der Waals surface area contributed by atoms with Gasteiger partial charge in [-0.3, -0.25) is 4.79 Å². The van der Waals surface area contributed by atoms with Gasteiger partial charge in [0.25, 0.3) is 0 Å². The average molecular weight is 229 g/mol. The van der Waals surface area contributed by atoms with Crippen LogP contribution in [0.5, 0.6) is 11.5 Å². The molecule has 0 aromatic heterocycles. The van der Waals surface area contributed by atoms with Crippen LogP contribution in [0.15, 0.2) is 23.1 Å². The zero-order chi connectivity index (χ0) is 11.4. The van der Waals surface area contributed by atoms with E-state index in [9.17, 15) is 9.90 Å². The highest BCUT2D eigenvalue weighted by atomic mass is 32.2. The highest BCUT2D eigenvalue weighted by Gasteiger charge is 2.13. The number of carboxylic acid groups (broad SMARTS) is 1. The lowest BCUT2D eigenvalue weighted by Gasteiger charge is -2.07. The molecule has 0 saturated heterocycles. The molecule has 0 bridgehead atoms. The fourth-order valence-corrected chi connectivity index (χ4v) is 1.79. The fraction of sp³-hybridized carbons (Fsp3) is 0.222. The van der Waals surface area contributed by atoms with Crippen LogP contribution in [-0.4, -0.2) is 33.1 Å². The summed E-state index contributed by atoms with van der Waals surface area (Å²) in [4.78, 5) is 10.8. The zero-order valence-electron chi connectivity index (χ0n) is 7.75. The van der Waals surface area contributed by atoms with E-state index in [1.165, 1.54) is 18.2 Å². The van der Waals surface area contributed by atoms with Gasteiger partial charge in [0.1, 0.15) is 17.5 Å². The molecule has 1 aromatic rings. The van der Waals surface area contributed by atoms with Crippen LogP contribution < -0.4 is 5.73 Å². The third-order valence-corrected chi connectivity index (χ3v) is 2.84. The SMILES string of the molecule is N[C@H](CSc1cc(O)ccc1O)C(=O)O. The van der Waals surface area contributed by atoms with E-state index in [1.807, 2.05) is 0 Å². The van der Waals surface area contributed by atoms with Crippen LogP contribution in [0.4, 0.5) is 0 Å². The number of thioether (sulfide) groups is 1. The summed E-state index contributed by atoms with van der Waals surface area (Å²) in [6.45, 7) is 0. The number of carbonyl (C=O) groups is 1. The van der Waals surface area contributed by atoms with Crippen LogP contribution in [0.3, 0.4) is 0 Å². The van der Waals surface area contributed by atoms with Gasteiger partial charge in [-0.05, 0) is 18.2 Å². The van der Waals surface area contributed by atoms with Gasteiger partial charge in [0, 0.05) is 5.75 Å². The highest BCUT2D eigenvalue weighted by molar-refractivity contribution is 7.99. The number of benzene rings is 1. The summed E-state index contributed by atoms with van der Waals surface area (Å²) in [6, 6.07) is 3.05. The van der Waals surface area contributed by atoms with E-state index < -0.39 is 12.0 Å². The third-order valence-electron chi connectivity index (χ3n) is 1.68. The maximum Gasteiger partial charge on any atom is 0.321 e. The smallest absolute Gasteiger partial charge is 0.321 e. The minimum Gasteiger partial charge on any atom is -0.508 e. The van der Waals surface area contributed by atoms with E-state index in [-0.39, 0.29) is 17.3 Å². The molecule has 0 radical (unpaired) electrons. The number of aliphatic carboxylic acids is 1. The summed E-state index contributed by atoms with van der Waals surface area (Å²) in [5.41, 5.74) is 5.29. The Morgan fingerprint density at radius 1 is 1.47 bits per heavy atom.